The standard InChI is InChI=1S/C27H30N4O5/c1-34-21-7-4-6-19(16-21)27(33)31-13-5-12-30(14-15-31)25-11-8-20(18-28-25)29-26(32)23-10-9-22(35-2)17-24(23)36-3/h4,6-11,16-18H,5,12-15H2,1-3H3,(H,29,32). The van der Waals surface area contributed by atoms with Crippen LogP contribution in [0.3, 0.4) is 0 Å². The summed E-state index contributed by atoms with van der Waals surface area (Å²) in [5, 5.41) is 2.86. The highest BCUT2D eigenvalue weighted by atomic mass is 16.5. The molecule has 1 aliphatic rings. The number of nitrogens with zero attached hydrogens (tertiary/aromatic N) is 3. The molecule has 0 unspecified atom stereocenters. The summed E-state index contributed by atoms with van der Waals surface area (Å²) in [6.07, 6.45) is 2.46. The van der Waals surface area contributed by atoms with Gasteiger partial charge in [0.15, 0.2) is 0 Å². The van der Waals surface area contributed by atoms with Crippen LogP contribution in [0.15, 0.2) is 60.8 Å². The quantitative estimate of drug-likeness (QED) is 0.540. The van der Waals surface area contributed by atoms with E-state index in [1.807, 2.05) is 35.2 Å². The molecule has 2 amide bonds. The first-order chi connectivity index (χ1) is 17.5. The van der Waals surface area contributed by atoms with Gasteiger partial charge in [0, 0.05) is 37.8 Å². The Morgan fingerprint density at radius 1 is 0.861 bits per heavy atom. The van der Waals surface area contributed by atoms with E-state index in [4.69, 9.17) is 14.2 Å². The monoisotopic (exact) mass is 490 g/mol. The number of ether oxygens (including phenoxy) is 3. The van der Waals surface area contributed by atoms with Crippen molar-refractivity contribution in [2.24, 2.45) is 0 Å². The number of rotatable bonds is 7. The maximum Gasteiger partial charge on any atom is 0.259 e. The molecule has 3 aromatic rings. The molecule has 0 atom stereocenters. The fourth-order valence-electron chi connectivity index (χ4n) is 4.12. The van der Waals surface area contributed by atoms with Gasteiger partial charge in [-0.2, -0.15) is 0 Å². The lowest BCUT2D eigenvalue weighted by molar-refractivity contribution is 0.0766. The molecule has 36 heavy (non-hydrogen) atoms. The Morgan fingerprint density at radius 3 is 2.39 bits per heavy atom. The summed E-state index contributed by atoms with van der Waals surface area (Å²) < 4.78 is 15.8. The Labute approximate surface area is 210 Å². The lowest BCUT2D eigenvalue weighted by atomic mass is 10.1. The predicted molar refractivity (Wildman–Crippen MR) is 137 cm³/mol. The molecule has 1 saturated heterocycles. The van der Waals surface area contributed by atoms with E-state index in [9.17, 15) is 9.59 Å². The fraction of sp³-hybridized carbons (Fsp3) is 0.296. The van der Waals surface area contributed by atoms with Crippen LogP contribution in [0, 0.1) is 0 Å². The third-order valence-electron chi connectivity index (χ3n) is 6.08. The number of methoxy groups -OCH3 is 3. The first-order valence-corrected chi connectivity index (χ1v) is 11.7. The summed E-state index contributed by atoms with van der Waals surface area (Å²) in [5.74, 6) is 2.19. The Hall–Kier alpha value is -4.27. The number of pyridine rings is 1. The molecule has 1 aromatic heterocycles. The minimum atomic E-state index is -0.300. The number of benzene rings is 2. The lowest BCUT2D eigenvalue weighted by Crippen LogP contribution is -2.35. The van der Waals surface area contributed by atoms with Crippen molar-refractivity contribution in [3.05, 3.63) is 71.9 Å². The third-order valence-corrected chi connectivity index (χ3v) is 6.08. The Morgan fingerprint density at radius 2 is 1.67 bits per heavy atom. The van der Waals surface area contributed by atoms with Crippen LogP contribution in [-0.4, -0.2) is 69.2 Å². The topological polar surface area (TPSA) is 93.2 Å². The van der Waals surface area contributed by atoms with E-state index in [0.717, 1.165) is 18.8 Å². The third kappa shape index (κ3) is 5.68. The van der Waals surface area contributed by atoms with Gasteiger partial charge in [0.1, 0.15) is 23.1 Å². The molecule has 0 saturated carbocycles. The highest BCUT2D eigenvalue weighted by Crippen LogP contribution is 2.26. The average Bonchev–Trinajstić information content (AvgIpc) is 3.19. The highest BCUT2D eigenvalue weighted by molar-refractivity contribution is 6.06. The number of hydrogen-bond acceptors (Lipinski definition) is 7. The predicted octanol–water partition coefficient (Wildman–Crippen LogP) is 3.71. The molecule has 188 valence electrons. The molecule has 0 spiro atoms. The molecule has 1 fully saturated rings. The first kappa shape index (κ1) is 24.8. The number of hydrogen-bond donors (Lipinski definition) is 1. The molecule has 4 rings (SSSR count). The van der Waals surface area contributed by atoms with Crippen molar-refractivity contribution in [2.75, 3.05) is 57.7 Å². The number of anilines is 2. The Balaban J connectivity index is 1.38. The molecule has 9 heteroatoms. The van der Waals surface area contributed by atoms with Crippen molar-refractivity contribution in [1.82, 2.24) is 9.88 Å². The van der Waals surface area contributed by atoms with Gasteiger partial charge in [-0.1, -0.05) is 6.07 Å². The number of carbonyl (C=O) groups excluding carboxylic acids is 2. The number of aromatic nitrogens is 1. The van der Waals surface area contributed by atoms with Gasteiger partial charge in [0.05, 0.1) is 38.8 Å². The Kier molecular flexibility index (Phi) is 7.89. The van der Waals surface area contributed by atoms with Crippen LogP contribution >= 0.6 is 0 Å². The number of amides is 2. The maximum absolute atomic E-state index is 13.0. The first-order valence-electron chi connectivity index (χ1n) is 11.7. The van der Waals surface area contributed by atoms with Crippen LogP contribution < -0.4 is 24.4 Å². The average molecular weight is 491 g/mol. The van der Waals surface area contributed by atoms with Crippen LogP contribution in [0.5, 0.6) is 17.2 Å². The second-order valence-corrected chi connectivity index (χ2v) is 8.29. The van der Waals surface area contributed by atoms with Crippen molar-refractivity contribution in [3.8, 4) is 17.2 Å². The molecule has 1 aliphatic heterocycles. The molecule has 0 aliphatic carbocycles. The SMILES string of the molecule is COc1cccc(C(=O)N2CCCN(c3ccc(NC(=O)c4ccc(OC)cc4OC)cn3)CC2)c1. The van der Waals surface area contributed by atoms with E-state index in [1.54, 1.807) is 44.7 Å². The minimum Gasteiger partial charge on any atom is -0.497 e. The van der Waals surface area contributed by atoms with Crippen molar-refractivity contribution in [1.29, 1.82) is 0 Å². The van der Waals surface area contributed by atoms with E-state index >= 15 is 0 Å². The van der Waals surface area contributed by atoms with E-state index in [-0.39, 0.29) is 11.8 Å². The van der Waals surface area contributed by atoms with Crippen LogP contribution in [0.2, 0.25) is 0 Å². The van der Waals surface area contributed by atoms with Crippen LogP contribution in [-0.2, 0) is 0 Å². The maximum atomic E-state index is 13.0. The molecule has 9 nitrogen and oxygen atoms in total. The molecule has 0 radical (unpaired) electrons. The molecular weight excluding hydrogens is 460 g/mol. The molecule has 2 aromatic carbocycles. The molecule has 1 N–H and O–H groups in total. The van der Waals surface area contributed by atoms with Gasteiger partial charge in [-0.05, 0) is 48.9 Å². The van der Waals surface area contributed by atoms with Gasteiger partial charge in [0.2, 0.25) is 0 Å². The normalized spacial score (nSPS) is 13.5. The second-order valence-electron chi connectivity index (χ2n) is 8.29. The largest absolute Gasteiger partial charge is 0.497 e. The highest BCUT2D eigenvalue weighted by Gasteiger charge is 2.21. The fourth-order valence-corrected chi connectivity index (χ4v) is 4.12. The smallest absolute Gasteiger partial charge is 0.259 e. The van der Waals surface area contributed by atoms with Gasteiger partial charge in [-0.25, -0.2) is 4.98 Å². The van der Waals surface area contributed by atoms with Gasteiger partial charge >= 0.3 is 0 Å². The van der Waals surface area contributed by atoms with Crippen molar-refractivity contribution in [3.63, 3.8) is 0 Å². The van der Waals surface area contributed by atoms with Crippen LogP contribution in [0.1, 0.15) is 27.1 Å². The zero-order valence-electron chi connectivity index (χ0n) is 20.7. The van der Waals surface area contributed by atoms with Crippen LogP contribution in [0.4, 0.5) is 11.5 Å². The summed E-state index contributed by atoms with van der Waals surface area (Å²) >= 11 is 0. The van der Waals surface area contributed by atoms with Crippen molar-refractivity contribution in [2.45, 2.75) is 6.42 Å². The van der Waals surface area contributed by atoms with Gasteiger partial charge < -0.3 is 29.3 Å². The summed E-state index contributed by atoms with van der Waals surface area (Å²) in [7, 11) is 4.66. The summed E-state index contributed by atoms with van der Waals surface area (Å²) in [5.41, 5.74) is 1.59. The van der Waals surface area contributed by atoms with E-state index in [0.29, 0.717) is 53.7 Å². The van der Waals surface area contributed by atoms with Crippen molar-refractivity contribution >= 4 is 23.3 Å². The number of nitrogens with one attached hydrogen (secondary N) is 1. The zero-order valence-corrected chi connectivity index (χ0v) is 20.7. The van der Waals surface area contributed by atoms with Gasteiger partial charge in [-0.3, -0.25) is 9.59 Å². The number of carbonyl (C=O) groups is 2. The second kappa shape index (κ2) is 11.4. The zero-order chi connectivity index (χ0) is 25.5. The molecular formula is C27H30N4O5. The van der Waals surface area contributed by atoms with Crippen LogP contribution in [0.25, 0.3) is 0 Å². The summed E-state index contributed by atoms with van der Waals surface area (Å²) in [4.78, 5) is 34.3. The van der Waals surface area contributed by atoms with E-state index < -0.39 is 0 Å². The Bertz CT molecular complexity index is 1220. The molecule has 2 heterocycles. The van der Waals surface area contributed by atoms with Gasteiger partial charge in [0.25, 0.3) is 11.8 Å². The lowest BCUT2D eigenvalue weighted by Gasteiger charge is -2.23. The van der Waals surface area contributed by atoms with E-state index in [1.165, 1.54) is 7.11 Å². The van der Waals surface area contributed by atoms with Gasteiger partial charge in [-0.15, -0.1) is 0 Å². The molecule has 0 bridgehead atoms. The van der Waals surface area contributed by atoms with Crippen molar-refractivity contribution < 1.29 is 23.8 Å². The summed E-state index contributed by atoms with van der Waals surface area (Å²) in [6.45, 7) is 2.71. The van der Waals surface area contributed by atoms with E-state index in [2.05, 4.69) is 15.2 Å². The summed E-state index contributed by atoms with van der Waals surface area (Å²) in [6, 6.07) is 16.0. The minimum absolute atomic E-state index is 0.00395.